The van der Waals surface area contributed by atoms with Gasteiger partial charge in [0.1, 0.15) is 12.2 Å². The van der Waals surface area contributed by atoms with E-state index in [2.05, 4.69) is 15.3 Å². The van der Waals surface area contributed by atoms with Crippen molar-refractivity contribution in [2.24, 2.45) is 5.73 Å². The number of pyridine rings is 1. The summed E-state index contributed by atoms with van der Waals surface area (Å²) in [6.45, 7) is 0. The number of allylic oxidation sites excluding steroid dienone is 1. The summed E-state index contributed by atoms with van der Waals surface area (Å²) in [7, 11) is 0. The van der Waals surface area contributed by atoms with Gasteiger partial charge in [0.05, 0.1) is 12.0 Å². The van der Waals surface area contributed by atoms with Crippen LogP contribution in [0.15, 0.2) is 67.2 Å². The van der Waals surface area contributed by atoms with E-state index in [1.807, 2.05) is 0 Å². The van der Waals surface area contributed by atoms with Crippen molar-refractivity contribution in [3.8, 4) is 0 Å². The van der Waals surface area contributed by atoms with Gasteiger partial charge < -0.3 is 15.8 Å². The largest absolute Gasteiger partial charge is 0.476 e. The zero-order chi connectivity index (χ0) is 16.3. The SMILES string of the molecule is N=C(N)C1(c2ccccn2)C=C(NC(=O)n2ccnc2)C=CO1. The van der Waals surface area contributed by atoms with Gasteiger partial charge in [-0.3, -0.25) is 15.0 Å². The zero-order valence-corrected chi connectivity index (χ0v) is 12.0. The molecule has 1 unspecified atom stereocenters. The highest BCUT2D eigenvalue weighted by Gasteiger charge is 2.39. The minimum absolute atomic E-state index is 0.241. The number of aromatic nitrogens is 3. The Labute approximate surface area is 131 Å². The monoisotopic (exact) mass is 310 g/mol. The van der Waals surface area contributed by atoms with Crippen LogP contribution in [0.1, 0.15) is 5.69 Å². The average Bonchev–Trinajstić information content (AvgIpc) is 3.10. The first-order valence-corrected chi connectivity index (χ1v) is 6.74. The third-order valence-corrected chi connectivity index (χ3v) is 3.30. The molecule has 0 saturated carbocycles. The number of imidazole rings is 1. The summed E-state index contributed by atoms with van der Waals surface area (Å²) in [5.74, 6) is -0.241. The zero-order valence-electron chi connectivity index (χ0n) is 12.0. The first kappa shape index (κ1) is 14.5. The van der Waals surface area contributed by atoms with Gasteiger partial charge >= 0.3 is 6.03 Å². The van der Waals surface area contributed by atoms with Crippen molar-refractivity contribution in [3.63, 3.8) is 0 Å². The maximum absolute atomic E-state index is 12.1. The molecule has 8 nitrogen and oxygen atoms in total. The molecule has 23 heavy (non-hydrogen) atoms. The van der Waals surface area contributed by atoms with Gasteiger partial charge in [0.15, 0.2) is 0 Å². The molecule has 2 aromatic rings. The molecule has 4 N–H and O–H groups in total. The fourth-order valence-corrected chi connectivity index (χ4v) is 2.16. The van der Waals surface area contributed by atoms with Gasteiger partial charge in [-0.2, -0.15) is 0 Å². The van der Waals surface area contributed by atoms with E-state index in [-0.39, 0.29) is 5.84 Å². The van der Waals surface area contributed by atoms with Crippen LogP contribution < -0.4 is 11.1 Å². The Morgan fingerprint density at radius 1 is 1.39 bits per heavy atom. The molecule has 0 aliphatic carbocycles. The maximum Gasteiger partial charge on any atom is 0.331 e. The van der Waals surface area contributed by atoms with Crippen LogP contribution in [0.3, 0.4) is 0 Å². The molecule has 8 heteroatoms. The van der Waals surface area contributed by atoms with E-state index in [9.17, 15) is 4.79 Å². The minimum Gasteiger partial charge on any atom is -0.476 e. The van der Waals surface area contributed by atoms with E-state index >= 15 is 0 Å². The molecular weight excluding hydrogens is 296 g/mol. The molecule has 0 radical (unpaired) electrons. The standard InChI is InChI=1S/C15H14N6O2/c16-13(17)15(12-3-1-2-5-19-12)9-11(4-8-23-15)20-14(22)21-7-6-18-10-21/h1-10H,(H3,16,17)(H,20,22). The lowest BCUT2D eigenvalue weighted by Crippen LogP contribution is -2.43. The van der Waals surface area contributed by atoms with Crippen LogP contribution in [0, 0.1) is 5.41 Å². The Morgan fingerprint density at radius 3 is 2.91 bits per heavy atom. The molecule has 0 fully saturated rings. The van der Waals surface area contributed by atoms with E-state index < -0.39 is 11.6 Å². The first-order valence-electron chi connectivity index (χ1n) is 6.74. The molecule has 1 aliphatic rings. The molecule has 0 aromatic carbocycles. The maximum atomic E-state index is 12.1. The fourth-order valence-electron chi connectivity index (χ4n) is 2.16. The number of rotatable bonds is 3. The van der Waals surface area contributed by atoms with E-state index in [0.29, 0.717) is 11.4 Å². The van der Waals surface area contributed by atoms with Crippen LogP contribution in [0.2, 0.25) is 0 Å². The molecule has 0 saturated heterocycles. The Kier molecular flexibility index (Phi) is 3.63. The van der Waals surface area contributed by atoms with Crippen LogP contribution in [0.4, 0.5) is 4.79 Å². The fraction of sp³-hybridized carbons (Fsp3) is 0.0667. The Balaban J connectivity index is 1.94. The molecule has 116 valence electrons. The van der Waals surface area contributed by atoms with Crippen LogP contribution in [-0.4, -0.2) is 26.4 Å². The van der Waals surface area contributed by atoms with Crippen molar-refractivity contribution in [1.82, 2.24) is 19.9 Å². The second-order valence-corrected chi connectivity index (χ2v) is 4.78. The van der Waals surface area contributed by atoms with Crippen molar-refractivity contribution in [2.75, 3.05) is 0 Å². The third kappa shape index (κ3) is 2.69. The van der Waals surface area contributed by atoms with Crippen molar-refractivity contribution in [2.45, 2.75) is 5.60 Å². The lowest BCUT2D eigenvalue weighted by molar-refractivity contribution is 0.121. The van der Waals surface area contributed by atoms with Crippen LogP contribution in [0.25, 0.3) is 0 Å². The molecule has 0 spiro atoms. The van der Waals surface area contributed by atoms with Gasteiger partial charge in [0.2, 0.25) is 5.60 Å². The van der Waals surface area contributed by atoms with Crippen molar-refractivity contribution >= 4 is 11.9 Å². The Bertz CT molecular complexity index is 782. The molecule has 3 rings (SSSR count). The summed E-state index contributed by atoms with van der Waals surface area (Å²) in [6.07, 6.45) is 10.5. The quantitative estimate of drug-likeness (QED) is 0.579. The number of nitrogens with zero attached hydrogens (tertiary/aromatic N) is 3. The average molecular weight is 310 g/mol. The van der Waals surface area contributed by atoms with Crippen molar-refractivity contribution in [1.29, 1.82) is 5.41 Å². The van der Waals surface area contributed by atoms with E-state index in [1.165, 1.54) is 29.6 Å². The van der Waals surface area contributed by atoms with E-state index in [4.69, 9.17) is 15.9 Å². The van der Waals surface area contributed by atoms with Crippen molar-refractivity contribution < 1.29 is 9.53 Å². The predicted molar refractivity (Wildman–Crippen MR) is 82.3 cm³/mol. The number of carbonyl (C=O) groups is 1. The number of carbonyl (C=O) groups excluding carboxylic acids is 1. The summed E-state index contributed by atoms with van der Waals surface area (Å²) < 4.78 is 6.87. The summed E-state index contributed by atoms with van der Waals surface area (Å²) >= 11 is 0. The number of amides is 1. The van der Waals surface area contributed by atoms with Crippen LogP contribution >= 0.6 is 0 Å². The number of hydrogen-bond acceptors (Lipinski definition) is 5. The van der Waals surface area contributed by atoms with Gasteiger partial charge in [-0.1, -0.05) is 6.07 Å². The predicted octanol–water partition coefficient (Wildman–Crippen LogP) is 1.10. The third-order valence-electron chi connectivity index (χ3n) is 3.30. The Morgan fingerprint density at radius 2 is 2.26 bits per heavy atom. The molecule has 1 amide bonds. The normalized spacial score (nSPS) is 19.6. The smallest absolute Gasteiger partial charge is 0.331 e. The van der Waals surface area contributed by atoms with Crippen LogP contribution in [0.5, 0.6) is 0 Å². The minimum atomic E-state index is -1.35. The number of nitrogens with two attached hydrogens (primary N) is 1. The van der Waals surface area contributed by atoms with Crippen molar-refractivity contribution in [3.05, 3.63) is 72.9 Å². The number of amidine groups is 1. The summed E-state index contributed by atoms with van der Waals surface area (Å²) in [6, 6.07) is 4.83. The molecule has 1 atom stereocenters. The number of nitrogens with one attached hydrogen (secondary N) is 2. The summed E-state index contributed by atoms with van der Waals surface area (Å²) in [5.41, 5.74) is 5.27. The number of ether oxygens (including phenoxy) is 1. The lowest BCUT2D eigenvalue weighted by atomic mass is 9.94. The molecular formula is C15H14N6O2. The highest BCUT2D eigenvalue weighted by atomic mass is 16.5. The van der Waals surface area contributed by atoms with Gasteiger partial charge in [-0.05, 0) is 24.3 Å². The van der Waals surface area contributed by atoms with E-state index in [1.54, 1.807) is 36.5 Å². The summed E-state index contributed by atoms with van der Waals surface area (Å²) in [5, 5.41) is 10.6. The molecule has 1 aliphatic heterocycles. The molecule has 0 bridgehead atoms. The van der Waals surface area contributed by atoms with Gasteiger partial charge in [0.25, 0.3) is 0 Å². The highest BCUT2D eigenvalue weighted by molar-refractivity contribution is 5.90. The highest BCUT2D eigenvalue weighted by Crippen LogP contribution is 2.30. The topological polar surface area (TPSA) is 119 Å². The van der Waals surface area contributed by atoms with Gasteiger partial charge in [-0.15, -0.1) is 0 Å². The van der Waals surface area contributed by atoms with E-state index in [0.717, 1.165) is 0 Å². The summed E-state index contributed by atoms with van der Waals surface area (Å²) in [4.78, 5) is 20.1. The molecule has 2 aromatic heterocycles. The first-order chi connectivity index (χ1) is 11.1. The second kappa shape index (κ2) is 5.76. The number of hydrogen-bond donors (Lipinski definition) is 3. The Hall–Kier alpha value is -3.42. The lowest BCUT2D eigenvalue weighted by Gasteiger charge is -2.31. The second-order valence-electron chi connectivity index (χ2n) is 4.78. The van der Waals surface area contributed by atoms with Gasteiger partial charge in [-0.25, -0.2) is 9.78 Å². The molecule has 3 heterocycles. The van der Waals surface area contributed by atoms with Crippen LogP contribution in [-0.2, 0) is 10.3 Å². The van der Waals surface area contributed by atoms with Gasteiger partial charge in [0, 0.05) is 24.3 Å².